The third-order valence-electron chi connectivity index (χ3n) is 2.70. The molecular weight excluding hydrogens is 359 g/mol. The Labute approximate surface area is 120 Å². The molecule has 0 aliphatic rings. The summed E-state index contributed by atoms with van der Waals surface area (Å²) >= 11 is 0. The number of carbonyl (C=O) groups is 1. The number of carbonyl (C=O) groups excluding carboxylic acids is 1. The van der Waals surface area contributed by atoms with Gasteiger partial charge in [0.2, 0.25) is 0 Å². The SMILES string of the molecule is O=C[C@H](O)[C@@H](O)[C@H](O)[C@@H](O)C(F)(F)C(F)(F)C(F)(F)C(F)(F)F. The maximum Gasteiger partial charge on any atom is 0.460 e. The van der Waals surface area contributed by atoms with Crippen molar-refractivity contribution in [2.45, 2.75) is 48.4 Å². The Kier molecular flexibility index (Phi) is 6.10. The normalized spacial score (nSPS) is 19.9. The van der Waals surface area contributed by atoms with E-state index in [4.69, 9.17) is 20.4 Å². The van der Waals surface area contributed by atoms with Crippen LogP contribution in [0.4, 0.5) is 39.5 Å². The molecule has 0 rings (SSSR count). The largest absolute Gasteiger partial charge is 0.460 e. The third-order valence-corrected chi connectivity index (χ3v) is 2.70. The van der Waals surface area contributed by atoms with E-state index in [0.717, 1.165) is 0 Å². The first-order chi connectivity index (χ1) is 9.96. The molecule has 4 N–H and O–H groups in total. The van der Waals surface area contributed by atoms with E-state index in [1.54, 1.807) is 0 Å². The Morgan fingerprint density at radius 1 is 0.696 bits per heavy atom. The molecule has 0 spiro atoms. The molecule has 0 aromatic rings. The van der Waals surface area contributed by atoms with Gasteiger partial charge in [0.1, 0.15) is 18.3 Å². The van der Waals surface area contributed by atoms with E-state index in [1.807, 2.05) is 0 Å². The van der Waals surface area contributed by atoms with Crippen molar-refractivity contribution in [2.75, 3.05) is 0 Å². The summed E-state index contributed by atoms with van der Waals surface area (Å²) in [6, 6.07) is 0. The van der Waals surface area contributed by atoms with Gasteiger partial charge in [-0.3, -0.25) is 0 Å². The number of aliphatic hydroxyl groups is 4. The Morgan fingerprint density at radius 2 is 1.09 bits per heavy atom. The predicted octanol–water partition coefficient (Wildman–Crippen LogP) is 0.0971. The Morgan fingerprint density at radius 3 is 1.39 bits per heavy atom. The minimum Gasteiger partial charge on any atom is -0.387 e. The Hall–Kier alpha value is -1.12. The molecule has 0 aromatic carbocycles. The molecule has 0 radical (unpaired) electrons. The second-order valence-corrected chi connectivity index (χ2v) is 4.32. The highest BCUT2D eigenvalue weighted by molar-refractivity contribution is 5.56. The van der Waals surface area contributed by atoms with Gasteiger partial charge >= 0.3 is 23.9 Å². The molecule has 23 heavy (non-hydrogen) atoms. The molecule has 4 atom stereocenters. The first-order valence-electron chi connectivity index (χ1n) is 5.34. The molecule has 14 heteroatoms. The predicted molar refractivity (Wildman–Crippen MR) is 51.0 cm³/mol. The zero-order valence-corrected chi connectivity index (χ0v) is 10.5. The molecular formula is C9H9F9O5. The zero-order chi connectivity index (χ0) is 19.0. The summed E-state index contributed by atoms with van der Waals surface area (Å²) in [4.78, 5) is 10.0. The lowest BCUT2D eigenvalue weighted by Crippen LogP contribution is -2.67. The lowest BCUT2D eigenvalue weighted by molar-refractivity contribution is -0.410. The van der Waals surface area contributed by atoms with Crippen LogP contribution < -0.4 is 0 Å². The molecule has 0 aliphatic heterocycles. The molecule has 0 saturated carbocycles. The second-order valence-electron chi connectivity index (χ2n) is 4.32. The molecule has 0 aliphatic carbocycles. The topological polar surface area (TPSA) is 98.0 Å². The maximum absolute atomic E-state index is 13.2. The van der Waals surface area contributed by atoms with Crippen molar-refractivity contribution in [1.29, 1.82) is 0 Å². The van der Waals surface area contributed by atoms with Crippen LogP contribution in [0.25, 0.3) is 0 Å². The number of aliphatic hydroxyl groups excluding tert-OH is 4. The van der Waals surface area contributed by atoms with Crippen molar-refractivity contribution in [2.24, 2.45) is 0 Å². The fourth-order valence-corrected chi connectivity index (χ4v) is 1.26. The Bertz CT molecular complexity index is 424. The van der Waals surface area contributed by atoms with E-state index in [9.17, 15) is 44.3 Å². The van der Waals surface area contributed by atoms with Crippen molar-refractivity contribution in [3.05, 3.63) is 0 Å². The van der Waals surface area contributed by atoms with Gasteiger partial charge in [-0.2, -0.15) is 39.5 Å². The number of hydrogen-bond donors (Lipinski definition) is 4. The van der Waals surface area contributed by atoms with Crippen molar-refractivity contribution < 1.29 is 64.7 Å². The smallest absolute Gasteiger partial charge is 0.387 e. The molecule has 0 heterocycles. The summed E-state index contributed by atoms with van der Waals surface area (Å²) in [7, 11) is 0. The van der Waals surface area contributed by atoms with Gasteiger partial charge in [-0.1, -0.05) is 0 Å². The number of halogens is 9. The number of aldehydes is 1. The molecule has 0 bridgehead atoms. The van der Waals surface area contributed by atoms with Crippen molar-refractivity contribution >= 4 is 6.29 Å². The summed E-state index contributed by atoms with van der Waals surface area (Å²) in [6.45, 7) is 0. The van der Waals surface area contributed by atoms with E-state index >= 15 is 0 Å². The number of alkyl halides is 9. The summed E-state index contributed by atoms with van der Waals surface area (Å²) in [5, 5.41) is 35.2. The number of hydrogen-bond acceptors (Lipinski definition) is 5. The summed E-state index contributed by atoms with van der Waals surface area (Å²) in [5.41, 5.74) is 0. The molecule has 0 fully saturated rings. The van der Waals surface area contributed by atoms with Crippen LogP contribution in [0.15, 0.2) is 0 Å². The van der Waals surface area contributed by atoms with Gasteiger partial charge in [-0.25, -0.2) is 0 Å². The quantitative estimate of drug-likeness (QED) is 0.378. The third kappa shape index (κ3) is 3.54. The van der Waals surface area contributed by atoms with Gasteiger partial charge < -0.3 is 25.2 Å². The Balaban J connectivity index is 5.73. The average Bonchev–Trinajstić information content (AvgIpc) is 2.42. The van der Waals surface area contributed by atoms with Crippen LogP contribution in [0.5, 0.6) is 0 Å². The fraction of sp³-hybridized carbons (Fsp3) is 0.889. The summed E-state index contributed by atoms with van der Waals surface area (Å²) in [5.74, 6) is -21.1. The second kappa shape index (κ2) is 6.41. The fourth-order valence-electron chi connectivity index (χ4n) is 1.26. The van der Waals surface area contributed by atoms with Crippen LogP contribution in [0.2, 0.25) is 0 Å². The van der Waals surface area contributed by atoms with Gasteiger partial charge in [0.25, 0.3) is 0 Å². The van der Waals surface area contributed by atoms with Crippen LogP contribution in [0.1, 0.15) is 0 Å². The van der Waals surface area contributed by atoms with Crippen LogP contribution >= 0.6 is 0 Å². The van der Waals surface area contributed by atoms with Crippen LogP contribution in [0.3, 0.4) is 0 Å². The minimum atomic E-state index is -7.31. The lowest BCUT2D eigenvalue weighted by Gasteiger charge is -2.38. The van der Waals surface area contributed by atoms with E-state index in [1.165, 1.54) is 0 Å². The van der Waals surface area contributed by atoms with Gasteiger partial charge in [-0.15, -0.1) is 0 Å². The van der Waals surface area contributed by atoms with Crippen molar-refractivity contribution in [1.82, 2.24) is 0 Å². The van der Waals surface area contributed by atoms with E-state index in [-0.39, 0.29) is 0 Å². The first kappa shape index (κ1) is 21.9. The van der Waals surface area contributed by atoms with Gasteiger partial charge in [0, 0.05) is 0 Å². The molecule has 0 unspecified atom stereocenters. The monoisotopic (exact) mass is 368 g/mol. The van der Waals surface area contributed by atoms with E-state index in [0.29, 0.717) is 0 Å². The average molecular weight is 368 g/mol. The highest BCUT2D eigenvalue weighted by Gasteiger charge is 2.83. The maximum atomic E-state index is 13.2. The van der Waals surface area contributed by atoms with Crippen LogP contribution in [-0.2, 0) is 4.79 Å². The highest BCUT2D eigenvalue weighted by Crippen LogP contribution is 2.54. The standard InChI is InChI=1S/C9H9F9O5/c10-6(11,5(23)4(22)3(21)2(20)1-19)7(12,13)8(14,15)9(16,17)18/h1-5,20-23H/t2-,3+,4-,5+/m0/s1. The zero-order valence-electron chi connectivity index (χ0n) is 10.5. The van der Waals surface area contributed by atoms with Crippen molar-refractivity contribution in [3.8, 4) is 0 Å². The molecule has 5 nitrogen and oxygen atoms in total. The van der Waals surface area contributed by atoms with E-state index < -0.39 is 54.6 Å². The first-order valence-corrected chi connectivity index (χ1v) is 5.34. The summed E-state index contributed by atoms with van der Waals surface area (Å²) < 4.78 is 113. The van der Waals surface area contributed by atoms with Crippen LogP contribution in [-0.4, -0.2) is 75.1 Å². The van der Waals surface area contributed by atoms with Crippen molar-refractivity contribution in [3.63, 3.8) is 0 Å². The molecule has 0 aromatic heterocycles. The molecule has 138 valence electrons. The number of rotatable bonds is 7. The summed E-state index contributed by atoms with van der Waals surface area (Å²) in [6.07, 6.45) is -21.5. The van der Waals surface area contributed by atoms with E-state index in [2.05, 4.69) is 0 Å². The van der Waals surface area contributed by atoms with Gasteiger partial charge in [-0.05, 0) is 0 Å². The molecule has 0 amide bonds. The highest BCUT2D eigenvalue weighted by atomic mass is 19.4. The lowest BCUT2D eigenvalue weighted by atomic mass is 9.92. The minimum absolute atomic E-state index is 0.610. The van der Waals surface area contributed by atoms with Gasteiger partial charge in [0.05, 0.1) is 0 Å². The molecule has 0 saturated heterocycles. The van der Waals surface area contributed by atoms with Gasteiger partial charge in [0.15, 0.2) is 12.4 Å². The van der Waals surface area contributed by atoms with Crippen LogP contribution in [0, 0.1) is 0 Å².